The van der Waals surface area contributed by atoms with E-state index in [-0.39, 0.29) is 0 Å². The summed E-state index contributed by atoms with van der Waals surface area (Å²) in [7, 11) is 0. The summed E-state index contributed by atoms with van der Waals surface area (Å²) in [5.41, 5.74) is 2.83. The summed E-state index contributed by atoms with van der Waals surface area (Å²) < 4.78 is 0. The Balaban J connectivity index is 3.84. The first kappa shape index (κ1) is 17.0. The predicted octanol–water partition coefficient (Wildman–Crippen LogP) is 6.23. The Hall–Kier alpha value is -1.04. The average Bonchev–Trinajstić information content (AvgIpc) is 2.32. The lowest BCUT2D eigenvalue weighted by atomic mass is 10.00. The van der Waals surface area contributed by atoms with Crippen LogP contribution in [-0.2, 0) is 0 Å². The lowest BCUT2D eigenvalue weighted by molar-refractivity contribution is 0.545. The molecular weight excluding hydrogens is 216 g/mol. The SMILES string of the molecule is C/C=C\C(=C/C)C/C=C/CC(C)CCC=C(C)C. The van der Waals surface area contributed by atoms with E-state index in [9.17, 15) is 0 Å². The molecule has 0 saturated heterocycles. The summed E-state index contributed by atoms with van der Waals surface area (Å²) in [5.74, 6) is 0.785. The lowest BCUT2D eigenvalue weighted by Crippen LogP contribution is -1.91. The maximum atomic E-state index is 2.34. The monoisotopic (exact) mass is 246 g/mol. The van der Waals surface area contributed by atoms with Gasteiger partial charge in [-0.1, -0.05) is 49.0 Å². The molecule has 0 N–H and O–H groups in total. The Labute approximate surface area is 114 Å². The van der Waals surface area contributed by atoms with Crippen LogP contribution in [0.3, 0.4) is 0 Å². The third-order valence-corrected chi connectivity index (χ3v) is 3.02. The highest BCUT2D eigenvalue weighted by Gasteiger charge is 1.97. The molecule has 0 aliphatic heterocycles. The molecule has 18 heavy (non-hydrogen) atoms. The van der Waals surface area contributed by atoms with Crippen LogP contribution < -0.4 is 0 Å². The van der Waals surface area contributed by atoms with Crippen LogP contribution in [0.15, 0.2) is 47.6 Å². The van der Waals surface area contributed by atoms with Crippen molar-refractivity contribution >= 4 is 0 Å². The number of rotatable bonds is 8. The normalized spacial score (nSPS) is 14.4. The fourth-order valence-corrected chi connectivity index (χ4v) is 1.82. The van der Waals surface area contributed by atoms with Crippen LogP contribution in [0.1, 0.15) is 60.3 Å². The Morgan fingerprint density at radius 3 is 2.39 bits per heavy atom. The Bertz CT molecular complexity index is 309. The number of allylic oxidation sites excluding steroid dienone is 8. The largest absolute Gasteiger partial charge is 0.0879 e. The van der Waals surface area contributed by atoms with Gasteiger partial charge in [-0.3, -0.25) is 0 Å². The third-order valence-electron chi connectivity index (χ3n) is 3.02. The van der Waals surface area contributed by atoms with Gasteiger partial charge < -0.3 is 0 Å². The second kappa shape index (κ2) is 11.1. The predicted molar refractivity (Wildman–Crippen MR) is 84.8 cm³/mol. The van der Waals surface area contributed by atoms with Crippen molar-refractivity contribution in [3.63, 3.8) is 0 Å². The summed E-state index contributed by atoms with van der Waals surface area (Å²) in [6, 6.07) is 0. The van der Waals surface area contributed by atoms with Crippen molar-refractivity contribution < 1.29 is 0 Å². The maximum Gasteiger partial charge on any atom is -0.0101 e. The second-order valence-electron chi connectivity index (χ2n) is 5.24. The van der Waals surface area contributed by atoms with Gasteiger partial charge in [0.05, 0.1) is 0 Å². The molecule has 0 fully saturated rings. The minimum Gasteiger partial charge on any atom is -0.0879 e. The number of hydrogen-bond acceptors (Lipinski definition) is 0. The van der Waals surface area contributed by atoms with Gasteiger partial charge in [-0.2, -0.15) is 0 Å². The summed E-state index contributed by atoms with van der Waals surface area (Å²) in [6.45, 7) is 10.9. The first-order valence-electron chi connectivity index (χ1n) is 7.16. The van der Waals surface area contributed by atoms with Crippen molar-refractivity contribution in [1.29, 1.82) is 0 Å². The lowest BCUT2D eigenvalue weighted by Gasteiger charge is -2.06. The first-order valence-corrected chi connectivity index (χ1v) is 7.16. The van der Waals surface area contributed by atoms with E-state index >= 15 is 0 Å². The minimum absolute atomic E-state index is 0.785. The van der Waals surface area contributed by atoms with Crippen LogP contribution in [0, 0.1) is 5.92 Å². The fraction of sp³-hybridized carbons (Fsp3) is 0.556. The van der Waals surface area contributed by atoms with E-state index < -0.39 is 0 Å². The molecule has 0 aromatic rings. The van der Waals surface area contributed by atoms with Gasteiger partial charge in [0.15, 0.2) is 0 Å². The molecule has 0 aromatic heterocycles. The Morgan fingerprint density at radius 1 is 1.11 bits per heavy atom. The van der Waals surface area contributed by atoms with Gasteiger partial charge in [0.25, 0.3) is 0 Å². The van der Waals surface area contributed by atoms with Crippen molar-refractivity contribution in [1.82, 2.24) is 0 Å². The second-order valence-corrected chi connectivity index (χ2v) is 5.24. The van der Waals surface area contributed by atoms with E-state index in [4.69, 9.17) is 0 Å². The van der Waals surface area contributed by atoms with Crippen molar-refractivity contribution in [2.45, 2.75) is 60.3 Å². The van der Waals surface area contributed by atoms with Crippen LogP contribution in [0.25, 0.3) is 0 Å². The molecule has 0 nitrogen and oxygen atoms in total. The molecule has 0 saturated carbocycles. The van der Waals surface area contributed by atoms with Crippen molar-refractivity contribution in [2.75, 3.05) is 0 Å². The smallest absolute Gasteiger partial charge is 0.0101 e. The van der Waals surface area contributed by atoms with Crippen LogP contribution in [0.4, 0.5) is 0 Å². The first-order chi connectivity index (χ1) is 8.60. The zero-order valence-corrected chi connectivity index (χ0v) is 12.9. The van der Waals surface area contributed by atoms with Crippen molar-refractivity contribution in [3.8, 4) is 0 Å². The maximum absolute atomic E-state index is 2.34. The fourth-order valence-electron chi connectivity index (χ4n) is 1.82. The zero-order valence-electron chi connectivity index (χ0n) is 12.9. The van der Waals surface area contributed by atoms with E-state index in [1.54, 1.807) is 0 Å². The average molecular weight is 246 g/mol. The van der Waals surface area contributed by atoms with Gasteiger partial charge in [0.1, 0.15) is 0 Å². The zero-order chi connectivity index (χ0) is 13.8. The van der Waals surface area contributed by atoms with Crippen LogP contribution in [0.5, 0.6) is 0 Å². The molecule has 0 spiro atoms. The van der Waals surface area contributed by atoms with E-state index in [1.165, 1.54) is 30.4 Å². The standard InChI is InChI=1S/C18H30/c1-6-11-18(7-2)15-9-8-13-17(5)14-10-12-16(3)4/h6-9,11-12,17H,10,13-15H2,1-5H3/b9-8+,11-6-,18-7+. The summed E-state index contributed by atoms with van der Waals surface area (Å²) in [4.78, 5) is 0. The summed E-state index contributed by atoms with van der Waals surface area (Å²) >= 11 is 0. The molecule has 0 rings (SSSR count). The molecule has 0 heterocycles. The quantitative estimate of drug-likeness (QED) is 0.352. The molecule has 0 aromatic carbocycles. The van der Waals surface area contributed by atoms with Crippen LogP contribution >= 0.6 is 0 Å². The van der Waals surface area contributed by atoms with E-state index in [2.05, 4.69) is 71.1 Å². The molecule has 0 aliphatic carbocycles. The van der Waals surface area contributed by atoms with Gasteiger partial charge in [-0.05, 0) is 64.9 Å². The topological polar surface area (TPSA) is 0 Å². The molecule has 0 radical (unpaired) electrons. The van der Waals surface area contributed by atoms with Crippen molar-refractivity contribution in [2.24, 2.45) is 5.92 Å². The molecule has 1 atom stereocenters. The van der Waals surface area contributed by atoms with E-state index in [0.29, 0.717) is 0 Å². The molecular formula is C18H30. The van der Waals surface area contributed by atoms with Gasteiger partial charge in [-0.15, -0.1) is 0 Å². The summed E-state index contributed by atoms with van der Waals surface area (Å²) in [6.07, 6.45) is 18.2. The Kier molecular flexibility index (Phi) is 10.4. The summed E-state index contributed by atoms with van der Waals surface area (Å²) in [5, 5.41) is 0. The van der Waals surface area contributed by atoms with E-state index in [0.717, 1.165) is 12.3 Å². The van der Waals surface area contributed by atoms with Gasteiger partial charge in [-0.25, -0.2) is 0 Å². The van der Waals surface area contributed by atoms with Crippen LogP contribution in [-0.4, -0.2) is 0 Å². The Morgan fingerprint density at radius 2 is 1.83 bits per heavy atom. The van der Waals surface area contributed by atoms with Gasteiger partial charge >= 0.3 is 0 Å². The van der Waals surface area contributed by atoms with Gasteiger partial charge in [0, 0.05) is 0 Å². The molecule has 1 unspecified atom stereocenters. The van der Waals surface area contributed by atoms with Gasteiger partial charge in [0.2, 0.25) is 0 Å². The number of hydrogen-bond donors (Lipinski definition) is 0. The minimum atomic E-state index is 0.785. The molecule has 102 valence electrons. The molecule has 0 heteroatoms. The highest BCUT2D eigenvalue weighted by molar-refractivity contribution is 5.20. The molecule has 0 amide bonds. The highest BCUT2D eigenvalue weighted by atomic mass is 14.0. The van der Waals surface area contributed by atoms with Crippen LogP contribution in [0.2, 0.25) is 0 Å². The van der Waals surface area contributed by atoms with E-state index in [1.807, 2.05) is 0 Å². The highest BCUT2D eigenvalue weighted by Crippen LogP contribution is 2.13. The third kappa shape index (κ3) is 10.1. The van der Waals surface area contributed by atoms with Crippen molar-refractivity contribution in [3.05, 3.63) is 47.6 Å². The molecule has 0 aliphatic rings. The molecule has 0 bridgehead atoms.